The van der Waals surface area contributed by atoms with Crippen molar-refractivity contribution in [2.75, 3.05) is 45.8 Å². The number of amides is 1. The Morgan fingerprint density at radius 2 is 1.52 bits per heavy atom. The predicted octanol–water partition coefficient (Wildman–Crippen LogP) is 2.49. The Morgan fingerprint density at radius 3 is 2.14 bits per heavy atom. The summed E-state index contributed by atoms with van der Waals surface area (Å²) in [4.78, 5) is 16.4. The number of nitrogens with one attached hydrogen (secondary N) is 1. The first-order valence-electron chi connectivity index (χ1n) is 8.98. The molecule has 1 saturated heterocycles. The van der Waals surface area contributed by atoms with Crippen LogP contribution in [-0.4, -0.2) is 61.5 Å². The van der Waals surface area contributed by atoms with Crippen molar-refractivity contribution in [3.63, 3.8) is 0 Å². The van der Waals surface area contributed by atoms with Crippen molar-refractivity contribution < 1.29 is 4.79 Å². The number of unbranched alkanes of at least 4 members (excludes halogenated alkanes) is 6. The summed E-state index contributed by atoms with van der Waals surface area (Å²) in [5.74, 6) is 0.257. The molecule has 0 aromatic heterocycles. The highest BCUT2D eigenvalue weighted by atomic mass is 16.2. The molecule has 21 heavy (non-hydrogen) atoms. The van der Waals surface area contributed by atoms with E-state index in [0.717, 1.165) is 32.7 Å². The van der Waals surface area contributed by atoms with Gasteiger partial charge in [-0.1, -0.05) is 52.4 Å². The molecular weight excluding hydrogens is 262 g/mol. The molecule has 0 unspecified atom stereocenters. The van der Waals surface area contributed by atoms with Crippen molar-refractivity contribution in [1.82, 2.24) is 15.1 Å². The molecule has 1 fully saturated rings. The van der Waals surface area contributed by atoms with E-state index in [0.29, 0.717) is 6.54 Å². The zero-order valence-electron chi connectivity index (χ0n) is 14.2. The van der Waals surface area contributed by atoms with Crippen LogP contribution in [0.3, 0.4) is 0 Å². The molecule has 0 atom stereocenters. The minimum absolute atomic E-state index is 0.257. The highest BCUT2D eigenvalue weighted by Gasteiger charge is 2.19. The van der Waals surface area contributed by atoms with Gasteiger partial charge in [-0.2, -0.15) is 0 Å². The molecular formula is C17H35N3O. The second kappa shape index (κ2) is 12.0. The van der Waals surface area contributed by atoms with Crippen LogP contribution in [0, 0.1) is 0 Å². The highest BCUT2D eigenvalue weighted by molar-refractivity contribution is 5.78. The van der Waals surface area contributed by atoms with Crippen LogP contribution in [0.5, 0.6) is 0 Å². The highest BCUT2D eigenvalue weighted by Crippen LogP contribution is 2.09. The average molecular weight is 297 g/mol. The van der Waals surface area contributed by atoms with Gasteiger partial charge in [-0.05, 0) is 19.5 Å². The molecule has 1 heterocycles. The molecule has 0 saturated carbocycles. The average Bonchev–Trinajstić information content (AvgIpc) is 2.52. The van der Waals surface area contributed by atoms with Gasteiger partial charge in [0.2, 0.25) is 5.91 Å². The van der Waals surface area contributed by atoms with Gasteiger partial charge in [0.25, 0.3) is 0 Å². The lowest BCUT2D eigenvalue weighted by molar-refractivity contribution is -0.131. The van der Waals surface area contributed by atoms with Gasteiger partial charge in [0.15, 0.2) is 0 Å². The predicted molar refractivity (Wildman–Crippen MR) is 89.6 cm³/mol. The van der Waals surface area contributed by atoms with E-state index in [-0.39, 0.29) is 5.91 Å². The lowest BCUT2D eigenvalue weighted by atomic mass is 10.1. The number of hydrogen-bond donors (Lipinski definition) is 1. The molecule has 0 aliphatic carbocycles. The zero-order valence-corrected chi connectivity index (χ0v) is 14.2. The van der Waals surface area contributed by atoms with Crippen LogP contribution in [0.4, 0.5) is 0 Å². The van der Waals surface area contributed by atoms with E-state index >= 15 is 0 Å². The number of carbonyl (C=O) groups excluding carboxylic acids is 1. The molecule has 1 aliphatic heterocycles. The maximum absolute atomic E-state index is 11.9. The van der Waals surface area contributed by atoms with E-state index in [1.54, 1.807) is 0 Å². The normalized spacial score (nSPS) is 16.4. The minimum Gasteiger partial charge on any atom is -0.339 e. The fourth-order valence-corrected chi connectivity index (χ4v) is 2.86. The van der Waals surface area contributed by atoms with Crippen molar-refractivity contribution in [3.8, 4) is 0 Å². The van der Waals surface area contributed by atoms with Crippen LogP contribution < -0.4 is 5.32 Å². The molecule has 0 aromatic rings. The molecule has 1 amide bonds. The summed E-state index contributed by atoms with van der Waals surface area (Å²) in [5.41, 5.74) is 0. The first-order valence-corrected chi connectivity index (χ1v) is 8.98. The number of piperazine rings is 1. The number of nitrogens with zero attached hydrogens (tertiary/aromatic N) is 2. The second-order valence-corrected chi connectivity index (χ2v) is 6.12. The van der Waals surface area contributed by atoms with Crippen molar-refractivity contribution in [2.24, 2.45) is 0 Å². The first-order chi connectivity index (χ1) is 10.3. The van der Waals surface area contributed by atoms with Gasteiger partial charge < -0.3 is 10.2 Å². The Hall–Kier alpha value is -0.610. The number of hydrogen-bond acceptors (Lipinski definition) is 3. The fourth-order valence-electron chi connectivity index (χ4n) is 2.86. The summed E-state index contributed by atoms with van der Waals surface area (Å²) in [7, 11) is 0. The third-order valence-corrected chi connectivity index (χ3v) is 4.33. The molecule has 1 N–H and O–H groups in total. The Morgan fingerprint density at radius 1 is 0.905 bits per heavy atom. The Bertz CT molecular complexity index is 263. The van der Waals surface area contributed by atoms with Gasteiger partial charge in [-0.15, -0.1) is 0 Å². The molecule has 1 rings (SSSR count). The molecule has 0 bridgehead atoms. The van der Waals surface area contributed by atoms with E-state index < -0.39 is 0 Å². The fraction of sp³-hybridized carbons (Fsp3) is 0.941. The second-order valence-electron chi connectivity index (χ2n) is 6.12. The maximum Gasteiger partial charge on any atom is 0.236 e. The van der Waals surface area contributed by atoms with E-state index in [1.165, 1.54) is 51.5 Å². The van der Waals surface area contributed by atoms with Crippen LogP contribution in [0.2, 0.25) is 0 Å². The van der Waals surface area contributed by atoms with Gasteiger partial charge in [-0.25, -0.2) is 0 Å². The van der Waals surface area contributed by atoms with Gasteiger partial charge in [0.05, 0.1) is 6.54 Å². The Balaban J connectivity index is 1.99. The summed E-state index contributed by atoms with van der Waals surface area (Å²) in [6, 6.07) is 0. The van der Waals surface area contributed by atoms with Gasteiger partial charge in [0, 0.05) is 26.2 Å². The Kier molecular flexibility index (Phi) is 10.5. The monoisotopic (exact) mass is 297 g/mol. The van der Waals surface area contributed by atoms with Crippen molar-refractivity contribution in [1.29, 1.82) is 0 Å². The number of carbonyl (C=O) groups is 1. The largest absolute Gasteiger partial charge is 0.339 e. The molecule has 0 radical (unpaired) electrons. The van der Waals surface area contributed by atoms with Gasteiger partial charge >= 0.3 is 0 Å². The van der Waals surface area contributed by atoms with Crippen LogP contribution in [0.25, 0.3) is 0 Å². The molecule has 124 valence electrons. The molecule has 0 aromatic carbocycles. The standard InChI is InChI=1S/C17H35N3O/c1-3-5-6-7-8-9-10-11-19-12-14-20(15-13-19)17(21)16-18-4-2/h18H,3-16H2,1-2H3. The van der Waals surface area contributed by atoms with Crippen LogP contribution in [0.1, 0.15) is 58.8 Å². The van der Waals surface area contributed by atoms with E-state index in [1.807, 2.05) is 11.8 Å². The number of rotatable bonds is 11. The summed E-state index contributed by atoms with van der Waals surface area (Å²) in [6.45, 7) is 10.8. The van der Waals surface area contributed by atoms with Crippen LogP contribution in [0.15, 0.2) is 0 Å². The molecule has 4 heteroatoms. The minimum atomic E-state index is 0.257. The van der Waals surface area contributed by atoms with E-state index in [2.05, 4.69) is 17.1 Å². The summed E-state index contributed by atoms with van der Waals surface area (Å²) < 4.78 is 0. The number of likely N-dealkylation sites (N-methyl/N-ethyl adjacent to an activating group) is 1. The lowest BCUT2D eigenvalue weighted by Crippen LogP contribution is -2.50. The summed E-state index contributed by atoms with van der Waals surface area (Å²) in [6.07, 6.45) is 9.60. The van der Waals surface area contributed by atoms with Crippen molar-refractivity contribution in [3.05, 3.63) is 0 Å². The van der Waals surface area contributed by atoms with Crippen LogP contribution >= 0.6 is 0 Å². The zero-order chi connectivity index (χ0) is 15.3. The maximum atomic E-state index is 11.9. The third-order valence-electron chi connectivity index (χ3n) is 4.33. The van der Waals surface area contributed by atoms with Crippen molar-refractivity contribution in [2.45, 2.75) is 58.8 Å². The Labute approximate surface area is 131 Å². The summed E-state index contributed by atoms with van der Waals surface area (Å²) in [5, 5.41) is 3.11. The van der Waals surface area contributed by atoms with Crippen molar-refractivity contribution >= 4 is 5.91 Å². The SMILES string of the molecule is CCCCCCCCCN1CCN(C(=O)CNCC)CC1. The topological polar surface area (TPSA) is 35.6 Å². The van der Waals surface area contributed by atoms with Gasteiger partial charge in [-0.3, -0.25) is 9.69 Å². The van der Waals surface area contributed by atoms with E-state index in [4.69, 9.17) is 0 Å². The molecule has 1 aliphatic rings. The van der Waals surface area contributed by atoms with Gasteiger partial charge in [0.1, 0.15) is 0 Å². The molecule has 0 spiro atoms. The first kappa shape index (κ1) is 18.4. The summed E-state index contributed by atoms with van der Waals surface area (Å²) >= 11 is 0. The lowest BCUT2D eigenvalue weighted by Gasteiger charge is -2.34. The third kappa shape index (κ3) is 8.42. The smallest absolute Gasteiger partial charge is 0.236 e. The quantitative estimate of drug-likeness (QED) is 0.595. The van der Waals surface area contributed by atoms with E-state index in [9.17, 15) is 4.79 Å². The molecule has 4 nitrogen and oxygen atoms in total. The van der Waals surface area contributed by atoms with Crippen LogP contribution in [-0.2, 0) is 4.79 Å².